The standard InChI is InChI=1S/C13H24N4OS/c1-4-18-9-6-8-15-13(16-14)17(3)11(2)12-7-5-10-19-12/h5,7,10-11H,4,6,8-9,14H2,1-3H3,(H,15,16). The molecule has 108 valence electrons. The molecule has 1 atom stereocenters. The van der Waals surface area contributed by atoms with Gasteiger partial charge in [0.2, 0.25) is 5.96 Å². The van der Waals surface area contributed by atoms with E-state index in [-0.39, 0.29) is 6.04 Å². The third kappa shape index (κ3) is 5.18. The van der Waals surface area contributed by atoms with Crippen LogP contribution in [0.15, 0.2) is 22.5 Å². The molecule has 1 unspecified atom stereocenters. The number of nitrogens with zero attached hydrogens (tertiary/aromatic N) is 2. The maximum atomic E-state index is 5.56. The maximum absolute atomic E-state index is 5.56. The summed E-state index contributed by atoms with van der Waals surface area (Å²) in [5.74, 6) is 6.26. The Labute approximate surface area is 119 Å². The van der Waals surface area contributed by atoms with E-state index in [2.05, 4.69) is 34.9 Å². The molecule has 3 N–H and O–H groups in total. The van der Waals surface area contributed by atoms with E-state index in [0.717, 1.165) is 19.6 Å². The molecule has 0 radical (unpaired) electrons. The van der Waals surface area contributed by atoms with Crippen LogP contribution in [0.1, 0.15) is 31.2 Å². The SMILES string of the molecule is CCOCCCN=C(NN)N(C)C(C)c1cccs1. The van der Waals surface area contributed by atoms with Gasteiger partial charge in [0, 0.05) is 31.7 Å². The average molecular weight is 284 g/mol. The fourth-order valence-corrected chi connectivity index (χ4v) is 2.48. The van der Waals surface area contributed by atoms with Crippen LogP contribution >= 0.6 is 11.3 Å². The van der Waals surface area contributed by atoms with Gasteiger partial charge in [-0.2, -0.15) is 0 Å². The largest absolute Gasteiger partial charge is 0.382 e. The van der Waals surface area contributed by atoms with Crippen molar-refractivity contribution in [3.63, 3.8) is 0 Å². The molecule has 0 amide bonds. The summed E-state index contributed by atoms with van der Waals surface area (Å²) in [5.41, 5.74) is 2.68. The van der Waals surface area contributed by atoms with Crippen molar-refractivity contribution in [2.45, 2.75) is 26.3 Å². The van der Waals surface area contributed by atoms with Crippen molar-refractivity contribution in [3.8, 4) is 0 Å². The summed E-state index contributed by atoms with van der Waals surface area (Å²) >= 11 is 1.74. The molecule has 0 aromatic carbocycles. The zero-order valence-corrected chi connectivity index (χ0v) is 12.7. The molecule has 0 aliphatic rings. The first-order valence-corrected chi connectivity index (χ1v) is 7.43. The Bertz CT molecular complexity index is 367. The minimum atomic E-state index is 0.252. The van der Waals surface area contributed by atoms with Crippen LogP contribution in [-0.2, 0) is 4.74 Å². The van der Waals surface area contributed by atoms with Crippen LogP contribution in [0.2, 0.25) is 0 Å². The minimum Gasteiger partial charge on any atom is -0.382 e. The number of nitrogens with two attached hydrogens (primary N) is 1. The molecule has 19 heavy (non-hydrogen) atoms. The Kier molecular flexibility index (Phi) is 7.47. The van der Waals surface area contributed by atoms with Gasteiger partial charge in [-0.3, -0.25) is 10.4 Å². The van der Waals surface area contributed by atoms with E-state index in [9.17, 15) is 0 Å². The summed E-state index contributed by atoms with van der Waals surface area (Å²) in [6, 6.07) is 4.43. The van der Waals surface area contributed by atoms with Gasteiger partial charge in [-0.05, 0) is 31.7 Å². The number of hydrazine groups is 1. The van der Waals surface area contributed by atoms with E-state index in [1.165, 1.54) is 4.88 Å². The van der Waals surface area contributed by atoms with Crippen molar-refractivity contribution in [1.29, 1.82) is 0 Å². The second-order valence-electron chi connectivity index (χ2n) is 4.20. The second-order valence-corrected chi connectivity index (χ2v) is 5.18. The van der Waals surface area contributed by atoms with Crippen LogP contribution < -0.4 is 11.3 Å². The number of guanidine groups is 1. The second kappa shape index (κ2) is 8.90. The van der Waals surface area contributed by atoms with Gasteiger partial charge in [-0.15, -0.1) is 11.3 Å². The van der Waals surface area contributed by atoms with Crippen molar-refractivity contribution >= 4 is 17.3 Å². The van der Waals surface area contributed by atoms with Crippen molar-refractivity contribution in [2.24, 2.45) is 10.8 Å². The lowest BCUT2D eigenvalue weighted by Gasteiger charge is -2.26. The van der Waals surface area contributed by atoms with E-state index >= 15 is 0 Å². The highest BCUT2D eigenvalue weighted by Crippen LogP contribution is 2.23. The maximum Gasteiger partial charge on any atom is 0.208 e. The summed E-state index contributed by atoms with van der Waals surface area (Å²) in [5, 5.41) is 2.08. The molecule has 0 aliphatic carbocycles. The average Bonchev–Trinajstić information content (AvgIpc) is 2.95. The zero-order chi connectivity index (χ0) is 14.1. The third-order valence-electron chi connectivity index (χ3n) is 2.91. The van der Waals surface area contributed by atoms with Gasteiger partial charge in [-0.1, -0.05) is 6.07 Å². The Morgan fingerprint density at radius 3 is 3.00 bits per heavy atom. The van der Waals surface area contributed by atoms with Gasteiger partial charge in [-0.25, -0.2) is 5.84 Å². The lowest BCUT2D eigenvalue weighted by atomic mass is 10.2. The molecule has 0 spiro atoms. The summed E-state index contributed by atoms with van der Waals surface area (Å²) in [6.45, 7) is 6.33. The number of aliphatic imine (C=N–C) groups is 1. The third-order valence-corrected chi connectivity index (χ3v) is 3.95. The van der Waals surface area contributed by atoms with Gasteiger partial charge in [0.15, 0.2) is 0 Å². The van der Waals surface area contributed by atoms with Crippen molar-refractivity contribution < 1.29 is 4.74 Å². The van der Waals surface area contributed by atoms with Gasteiger partial charge in [0.05, 0.1) is 6.04 Å². The number of ether oxygens (including phenoxy) is 1. The first-order chi connectivity index (χ1) is 9.20. The van der Waals surface area contributed by atoms with E-state index in [1.54, 1.807) is 11.3 Å². The number of hydrogen-bond donors (Lipinski definition) is 2. The molecule has 5 nitrogen and oxygen atoms in total. The fourth-order valence-electron chi connectivity index (χ4n) is 1.66. The number of rotatable bonds is 7. The molecule has 0 fully saturated rings. The quantitative estimate of drug-likeness (QED) is 0.264. The van der Waals surface area contributed by atoms with Crippen LogP contribution in [0.3, 0.4) is 0 Å². The Morgan fingerprint density at radius 2 is 2.42 bits per heavy atom. The Balaban J connectivity index is 2.50. The smallest absolute Gasteiger partial charge is 0.208 e. The molecule has 0 saturated heterocycles. The highest BCUT2D eigenvalue weighted by atomic mass is 32.1. The summed E-state index contributed by atoms with van der Waals surface area (Å²) in [6.07, 6.45) is 0.903. The van der Waals surface area contributed by atoms with Crippen molar-refractivity contribution in [3.05, 3.63) is 22.4 Å². The Hall–Kier alpha value is -1.11. The molecule has 1 aromatic rings. The van der Waals surface area contributed by atoms with Gasteiger partial charge in [0.25, 0.3) is 0 Å². The van der Waals surface area contributed by atoms with Crippen LogP contribution in [0.4, 0.5) is 0 Å². The molecular formula is C13H24N4OS. The Morgan fingerprint density at radius 1 is 1.63 bits per heavy atom. The van der Waals surface area contributed by atoms with Crippen LogP contribution in [0.25, 0.3) is 0 Å². The monoisotopic (exact) mass is 284 g/mol. The van der Waals surface area contributed by atoms with Crippen molar-refractivity contribution in [2.75, 3.05) is 26.8 Å². The molecule has 1 heterocycles. The predicted octanol–water partition coefficient (Wildman–Crippen LogP) is 1.99. The van der Waals surface area contributed by atoms with E-state index in [1.807, 2.05) is 18.9 Å². The van der Waals surface area contributed by atoms with Gasteiger partial charge >= 0.3 is 0 Å². The van der Waals surface area contributed by atoms with Crippen LogP contribution in [-0.4, -0.2) is 37.7 Å². The zero-order valence-electron chi connectivity index (χ0n) is 11.9. The summed E-state index contributed by atoms with van der Waals surface area (Å²) in [7, 11) is 1.99. The van der Waals surface area contributed by atoms with Crippen molar-refractivity contribution in [1.82, 2.24) is 10.3 Å². The topological polar surface area (TPSA) is 62.9 Å². The first-order valence-electron chi connectivity index (χ1n) is 6.55. The number of hydrogen-bond acceptors (Lipinski definition) is 4. The van der Waals surface area contributed by atoms with E-state index in [4.69, 9.17) is 10.6 Å². The molecule has 1 rings (SSSR count). The molecular weight excluding hydrogens is 260 g/mol. The molecule has 1 aromatic heterocycles. The molecule has 0 bridgehead atoms. The summed E-state index contributed by atoms with van der Waals surface area (Å²) < 4.78 is 5.28. The molecule has 0 aliphatic heterocycles. The first kappa shape index (κ1) is 15.9. The van der Waals surface area contributed by atoms with Crippen LogP contribution in [0.5, 0.6) is 0 Å². The number of nitrogens with one attached hydrogen (secondary N) is 1. The lowest BCUT2D eigenvalue weighted by molar-refractivity contribution is 0.146. The normalized spacial score (nSPS) is 13.4. The lowest BCUT2D eigenvalue weighted by Crippen LogP contribution is -2.43. The highest BCUT2D eigenvalue weighted by Gasteiger charge is 2.15. The highest BCUT2D eigenvalue weighted by molar-refractivity contribution is 7.10. The minimum absolute atomic E-state index is 0.252. The number of thiophene rings is 1. The molecule has 0 saturated carbocycles. The van der Waals surface area contributed by atoms with Gasteiger partial charge in [0.1, 0.15) is 0 Å². The summed E-state index contributed by atoms with van der Waals surface area (Å²) in [4.78, 5) is 7.82. The van der Waals surface area contributed by atoms with Crippen LogP contribution in [0, 0.1) is 0 Å². The van der Waals surface area contributed by atoms with E-state index < -0.39 is 0 Å². The molecule has 6 heteroatoms. The predicted molar refractivity (Wildman–Crippen MR) is 81.2 cm³/mol. The fraction of sp³-hybridized carbons (Fsp3) is 0.615. The van der Waals surface area contributed by atoms with E-state index in [0.29, 0.717) is 12.5 Å². The van der Waals surface area contributed by atoms with Gasteiger partial charge < -0.3 is 9.64 Å².